The first-order valence-corrected chi connectivity index (χ1v) is 7.91. The lowest BCUT2D eigenvalue weighted by molar-refractivity contribution is -0.122. The zero-order valence-corrected chi connectivity index (χ0v) is 12.6. The van der Waals surface area contributed by atoms with Gasteiger partial charge in [-0.1, -0.05) is 5.16 Å². The summed E-state index contributed by atoms with van der Waals surface area (Å²) in [6.45, 7) is 3.26. The quantitative estimate of drug-likeness (QED) is 0.885. The molecular formula is C13H13N3O5S. The maximum absolute atomic E-state index is 12.3. The number of nitrogens with one attached hydrogen (secondary N) is 2. The Kier molecular flexibility index (Phi) is 3.28. The van der Waals surface area contributed by atoms with Crippen LogP contribution in [0, 0.1) is 6.92 Å². The molecule has 0 saturated heterocycles. The monoisotopic (exact) mass is 323 g/mol. The Morgan fingerprint density at radius 3 is 2.77 bits per heavy atom. The van der Waals surface area contributed by atoms with Crippen molar-refractivity contribution in [3.05, 3.63) is 30.0 Å². The number of ether oxygens (including phenoxy) is 1. The first-order valence-electron chi connectivity index (χ1n) is 6.43. The lowest BCUT2D eigenvalue weighted by Crippen LogP contribution is -2.34. The summed E-state index contributed by atoms with van der Waals surface area (Å²) in [6, 6.07) is 5.67. The molecule has 1 aliphatic rings. The highest BCUT2D eigenvalue weighted by Gasteiger charge is 2.26. The third-order valence-corrected chi connectivity index (χ3v) is 4.41. The van der Waals surface area contributed by atoms with Gasteiger partial charge in [-0.05, 0) is 32.0 Å². The highest BCUT2D eigenvalue weighted by molar-refractivity contribution is 7.92. The fourth-order valence-electron chi connectivity index (χ4n) is 1.97. The molecule has 9 heteroatoms. The molecule has 3 rings (SSSR count). The van der Waals surface area contributed by atoms with Crippen LogP contribution in [0.15, 0.2) is 33.7 Å². The van der Waals surface area contributed by atoms with Gasteiger partial charge in [0.2, 0.25) is 0 Å². The van der Waals surface area contributed by atoms with Crippen LogP contribution in [-0.4, -0.2) is 25.6 Å². The highest BCUT2D eigenvalue weighted by Crippen LogP contribution is 2.32. The van der Waals surface area contributed by atoms with Crippen molar-refractivity contribution in [3.8, 4) is 5.75 Å². The third kappa shape index (κ3) is 2.62. The Hall–Kier alpha value is -2.55. The van der Waals surface area contributed by atoms with Gasteiger partial charge < -0.3 is 14.6 Å². The van der Waals surface area contributed by atoms with Gasteiger partial charge in [0, 0.05) is 6.07 Å². The molecule has 2 aromatic rings. The number of hydrogen-bond donors (Lipinski definition) is 2. The predicted octanol–water partition coefficient (Wildman–Crippen LogP) is 1.50. The Balaban J connectivity index is 1.92. The molecule has 8 nitrogen and oxygen atoms in total. The van der Waals surface area contributed by atoms with Crippen molar-refractivity contribution >= 4 is 27.4 Å². The van der Waals surface area contributed by atoms with Gasteiger partial charge in [-0.2, -0.15) is 0 Å². The van der Waals surface area contributed by atoms with Crippen LogP contribution in [0.2, 0.25) is 0 Å². The second-order valence-electron chi connectivity index (χ2n) is 4.84. The van der Waals surface area contributed by atoms with Crippen LogP contribution in [-0.2, 0) is 14.8 Å². The van der Waals surface area contributed by atoms with Crippen LogP contribution >= 0.6 is 0 Å². The van der Waals surface area contributed by atoms with Crippen LogP contribution < -0.4 is 14.8 Å². The standard InChI is InChI=1S/C13H13N3O5S/c1-7-5-12(15-21-7)16-22(18,19)9-3-4-11-10(6-9)14-13(17)8(2)20-11/h3-6,8H,1-2H3,(H,14,17)(H,15,16)/t8-/m0/s1. The van der Waals surface area contributed by atoms with E-state index in [1.54, 1.807) is 13.8 Å². The number of anilines is 2. The van der Waals surface area contributed by atoms with E-state index in [-0.39, 0.29) is 16.6 Å². The Bertz CT molecular complexity index is 843. The molecule has 1 aromatic heterocycles. The number of aryl methyl sites for hydroxylation is 1. The first kappa shape index (κ1) is 14.4. The SMILES string of the molecule is Cc1cc(NS(=O)(=O)c2ccc3c(c2)NC(=O)[C@H](C)O3)no1. The number of hydrogen-bond acceptors (Lipinski definition) is 6. The normalized spacial score (nSPS) is 17.4. The number of benzene rings is 1. The molecule has 0 saturated carbocycles. The van der Waals surface area contributed by atoms with Gasteiger partial charge >= 0.3 is 0 Å². The minimum absolute atomic E-state index is 0.0228. The fraction of sp³-hybridized carbons (Fsp3) is 0.231. The highest BCUT2D eigenvalue weighted by atomic mass is 32.2. The van der Waals surface area contributed by atoms with E-state index in [2.05, 4.69) is 15.2 Å². The first-order chi connectivity index (χ1) is 10.3. The summed E-state index contributed by atoms with van der Waals surface area (Å²) >= 11 is 0. The number of carbonyl (C=O) groups is 1. The molecule has 2 heterocycles. The molecule has 0 bridgehead atoms. The number of amides is 1. The fourth-order valence-corrected chi connectivity index (χ4v) is 2.98. The molecule has 2 N–H and O–H groups in total. The van der Waals surface area contributed by atoms with E-state index >= 15 is 0 Å². The number of sulfonamides is 1. The molecule has 0 aliphatic carbocycles. The zero-order chi connectivity index (χ0) is 15.9. The van der Waals surface area contributed by atoms with Gasteiger partial charge in [0.15, 0.2) is 11.9 Å². The van der Waals surface area contributed by atoms with E-state index < -0.39 is 16.1 Å². The van der Waals surface area contributed by atoms with E-state index in [0.717, 1.165) is 0 Å². The van der Waals surface area contributed by atoms with Crippen LogP contribution in [0.25, 0.3) is 0 Å². The average Bonchev–Trinajstić information content (AvgIpc) is 2.84. The zero-order valence-electron chi connectivity index (χ0n) is 11.8. The summed E-state index contributed by atoms with van der Waals surface area (Å²) < 4.78 is 37.1. The number of rotatable bonds is 3. The molecule has 1 aromatic carbocycles. The number of nitrogens with zero attached hydrogens (tertiary/aromatic N) is 1. The van der Waals surface area contributed by atoms with Gasteiger partial charge in [0.25, 0.3) is 15.9 Å². The molecule has 116 valence electrons. The van der Waals surface area contributed by atoms with Crippen LogP contribution in [0.1, 0.15) is 12.7 Å². The van der Waals surface area contributed by atoms with Crippen LogP contribution in [0.5, 0.6) is 5.75 Å². The van der Waals surface area contributed by atoms with Crippen LogP contribution in [0.4, 0.5) is 11.5 Å². The smallest absolute Gasteiger partial charge is 0.265 e. The maximum atomic E-state index is 12.3. The molecule has 0 spiro atoms. The van der Waals surface area contributed by atoms with E-state index in [1.807, 2.05) is 0 Å². The van der Waals surface area contributed by atoms with E-state index in [9.17, 15) is 13.2 Å². The van der Waals surface area contributed by atoms with Crippen LogP contribution in [0.3, 0.4) is 0 Å². The molecular weight excluding hydrogens is 310 g/mol. The van der Waals surface area contributed by atoms with E-state index in [0.29, 0.717) is 17.2 Å². The summed E-state index contributed by atoms with van der Waals surface area (Å²) in [5.41, 5.74) is 0.308. The van der Waals surface area contributed by atoms with Crippen molar-refractivity contribution in [3.63, 3.8) is 0 Å². The molecule has 0 radical (unpaired) electrons. The summed E-state index contributed by atoms with van der Waals surface area (Å²) in [4.78, 5) is 11.6. The van der Waals surface area contributed by atoms with Crippen molar-refractivity contribution in [2.75, 3.05) is 10.0 Å². The van der Waals surface area contributed by atoms with Gasteiger partial charge in [-0.15, -0.1) is 0 Å². The topological polar surface area (TPSA) is 111 Å². The lowest BCUT2D eigenvalue weighted by atomic mass is 10.2. The molecule has 0 fully saturated rings. The van der Waals surface area contributed by atoms with Crippen molar-refractivity contribution < 1.29 is 22.5 Å². The second kappa shape index (κ2) is 5.02. The van der Waals surface area contributed by atoms with Crippen molar-refractivity contribution in [2.24, 2.45) is 0 Å². The summed E-state index contributed by atoms with van der Waals surface area (Å²) in [5.74, 6) is 0.660. The second-order valence-corrected chi connectivity index (χ2v) is 6.52. The molecule has 1 atom stereocenters. The Morgan fingerprint density at radius 1 is 1.32 bits per heavy atom. The van der Waals surface area contributed by atoms with Gasteiger partial charge in [0.1, 0.15) is 11.5 Å². The number of fused-ring (bicyclic) bond motifs is 1. The van der Waals surface area contributed by atoms with Gasteiger partial charge in [-0.25, -0.2) is 8.42 Å². The lowest BCUT2D eigenvalue weighted by Gasteiger charge is -2.23. The molecule has 1 aliphatic heterocycles. The number of aromatic nitrogens is 1. The minimum Gasteiger partial charge on any atom is -0.479 e. The van der Waals surface area contributed by atoms with Gasteiger partial charge in [-0.3, -0.25) is 9.52 Å². The van der Waals surface area contributed by atoms with Crippen molar-refractivity contribution in [1.29, 1.82) is 0 Å². The Morgan fingerprint density at radius 2 is 2.09 bits per heavy atom. The summed E-state index contributed by atoms with van der Waals surface area (Å²) in [6.07, 6.45) is -0.619. The van der Waals surface area contributed by atoms with E-state index in [1.165, 1.54) is 24.3 Å². The summed E-state index contributed by atoms with van der Waals surface area (Å²) in [7, 11) is -3.84. The van der Waals surface area contributed by atoms with Crippen molar-refractivity contribution in [2.45, 2.75) is 24.8 Å². The predicted molar refractivity (Wildman–Crippen MR) is 77.2 cm³/mol. The Labute approximate surface area is 126 Å². The third-order valence-electron chi connectivity index (χ3n) is 3.06. The van der Waals surface area contributed by atoms with Crippen molar-refractivity contribution in [1.82, 2.24) is 5.16 Å². The maximum Gasteiger partial charge on any atom is 0.265 e. The number of carbonyl (C=O) groups excluding carboxylic acids is 1. The minimum atomic E-state index is -3.84. The average molecular weight is 323 g/mol. The van der Waals surface area contributed by atoms with E-state index in [4.69, 9.17) is 9.26 Å². The summed E-state index contributed by atoms with van der Waals surface area (Å²) in [5, 5.41) is 6.18. The molecule has 22 heavy (non-hydrogen) atoms. The largest absolute Gasteiger partial charge is 0.479 e. The van der Waals surface area contributed by atoms with Gasteiger partial charge in [0.05, 0.1) is 10.6 Å². The molecule has 0 unspecified atom stereocenters. The molecule has 1 amide bonds.